The maximum atomic E-state index is 12.7. The molecule has 1 aliphatic heterocycles. The monoisotopic (exact) mass is 586 g/mol. The summed E-state index contributed by atoms with van der Waals surface area (Å²) in [4.78, 5) is 49.2. The largest absolute Gasteiger partial charge is 0.423 e. The Morgan fingerprint density at radius 1 is 1.06 bits per heavy atom. The van der Waals surface area contributed by atoms with E-state index in [1.165, 1.54) is 35.2 Å². The minimum atomic E-state index is -0.729. The third-order valence-corrected chi connectivity index (χ3v) is 6.44. The molecule has 0 atom stereocenters. The number of nitro benzene ring substituents is 1. The van der Waals surface area contributed by atoms with Crippen molar-refractivity contribution in [2.24, 2.45) is 0 Å². The van der Waals surface area contributed by atoms with Crippen molar-refractivity contribution in [2.45, 2.75) is 6.54 Å². The molecule has 1 fully saturated rings. The lowest BCUT2D eigenvalue weighted by molar-refractivity contribution is -0.384. The van der Waals surface area contributed by atoms with Crippen LogP contribution < -0.4 is 4.74 Å². The van der Waals surface area contributed by atoms with E-state index in [0.717, 1.165) is 27.0 Å². The molecule has 10 heteroatoms. The molecule has 0 aliphatic carbocycles. The minimum Gasteiger partial charge on any atom is -0.423 e. The van der Waals surface area contributed by atoms with Crippen LogP contribution >= 0.6 is 34.4 Å². The first-order valence-electron chi connectivity index (χ1n) is 9.87. The number of nitrogens with zero attached hydrogens (tertiary/aromatic N) is 2. The lowest BCUT2D eigenvalue weighted by atomic mass is 10.2. The van der Waals surface area contributed by atoms with Crippen molar-refractivity contribution in [3.05, 3.63) is 108 Å². The number of thioether (sulfide) groups is 1. The molecule has 3 aromatic carbocycles. The van der Waals surface area contributed by atoms with Crippen LogP contribution in [-0.2, 0) is 11.3 Å². The van der Waals surface area contributed by atoms with Gasteiger partial charge in [-0.15, -0.1) is 0 Å². The van der Waals surface area contributed by atoms with E-state index < -0.39 is 10.9 Å². The van der Waals surface area contributed by atoms with Crippen molar-refractivity contribution in [1.82, 2.24) is 4.90 Å². The highest BCUT2D eigenvalue weighted by Gasteiger charge is 2.34. The van der Waals surface area contributed by atoms with Crippen LogP contribution in [0.25, 0.3) is 6.08 Å². The van der Waals surface area contributed by atoms with Crippen LogP contribution in [0.4, 0.5) is 10.5 Å². The number of esters is 1. The van der Waals surface area contributed by atoms with Crippen molar-refractivity contribution >= 4 is 63.2 Å². The van der Waals surface area contributed by atoms with Crippen molar-refractivity contribution in [2.75, 3.05) is 0 Å². The van der Waals surface area contributed by atoms with E-state index in [-0.39, 0.29) is 34.7 Å². The molecular formula is C24H15IN2O6S. The van der Waals surface area contributed by atoms with E-state index in [1.807, 2.05) is 24.3 Å². The second-order valence-corrected chi connectivity index (χ2v) is 9.40. The van der Waals surface area contributed by atoms with Gasteiger partial charge in [0, 0.05) is 15.7 Å². The number of nitro groups is 1. The Balaban J connectivity index is 1.43. The molecule has 34 heavy (non-hydrogen) atoms. The van der Waals surface area contributed by atoms with Crippen LogP contribution in [-0.4, -0.2) is 26.9 Å². The zero-order valence-corrected chi connectivity index (χ0v) is 20.3. The number of carbonyl (C=O) groups excluding carboxylic acids is 3. The third-order valence-electron chi connectivity index (χ3n) is 4.81. The molecule has 4 rings (SSSR count). The predicted octanol–water partition coefficient (Wildman–Crippen LogP) is 5.66. The van der Waals surface area contributed by atoms with E-state index in [2.05, 4.69) is 22.6 Å². The summed E-state index contributed by atoms with van der Waals surface area (Å²) in [7, 11) is 0. The molecule has 1 aliphatic rings. The van der Waals surface area contributed by atoms with Crippen LogP contribution in [0.3, 0.4) is 0 Å². The number of ether oxygens (including phenoxy) is 1. The number of hydrogen-bond acceptors (Lipinski definition) is 7. The Morgan fingerprint density at radius 2 is 1.76 bits per heavy atom. The molecule has 0 N–H and O–H groups in total. The highest BCUT2D eigenvalue weighted by atomic mass is 127. The smallest absolute Gasteiger partial charge is 0.343 e. The maximum Gasteiger partial charge on any atom is 0.343 e. The molecule has 0 unspecified atom stereocenters. The maximum absolute atomic E-state index is 12.7. The molecule has 1 saturated heterocycles. The van der Waals surface area contributed by atoms with Crippen molar-refractivity contribution in [3.8, 4) is 5.75 Å². The van der Waals surface area contributed by atoms with E-state index in [4.69, 9.17) is 4.74 Å². The summed E-state index contributed by atoms with van der Waals surface area (Å²) in [6.07, 6.45) is 1.60. The quantitative estimate of drug-likeness (QED) is 0.0917. The van der Waals surface area contributed by atoms with Crippen LogP contribution in [0.2, 0.25) is 0 Å². The first-order chi connectivity index (χ1) is 16.3. The SMILES string of the molecule is O=C(Oc1ccc(/C=C2\SC(=O)N(Cc3ccc(I)cc3)C2=O)cc1)c1cccc([N+](=O)[O-])c1. The zero-order chi connectivity index (χ0) is 24.2. The van der Waals surface area contributed by atoms with Crippen LogP contribution in [0.1, 0.15) is 21.5 Å². The molecule has 2 amide bonds. The van der Waals surface area contributed by atoms with Gasteiger partial charge in [-0.05, 0) is 81.9 Å². The number of non-ortho nitro benzene ring substituents is 1. The van der Waals surface area contributed by atoms with Gasteiger partial charge < -0.3 is 4.74 Å². The molecule has 0 bridgehead atoms. The minimum absolute atomic E-state index is 0.0556. The number of benzene rings is 3. The standard InChI is InChI=1S/C24H15IN2O6S/c25-18-8-4-16(5-9-18)14-26-22(28)21(34-24(26)30)12-15-6-10-20(11-7-15)33-23(29)17-2-1-3-19(13-17)27(31)32/h1-13H,14H2/b21-12-. The van der Waals surface area contributed by atoms with Gasteiger partial charge in [0.2, 0.25) is 0 Å². The average Bonchev–Trinajstić information content (AvgIpc) is 3.09. The van der Waals surface area contributed by atoms with Gasteiger partial charge in [0.1, 0.15) is 5.75 Å². The molecule has 3 aromatic rings. The number of amides is 2. The van der Waals surface area contributed by atoms with E-state index in [1.54, 1.807) is 18.2 Å². The molecule has 0 radical (unpaired) electrons. The predicted molar refractivity (Wildman–Crippen MR) is 135 cm³/mol. The van der Waals surface area contributed by atoms with Crippen LogP contribution in [0.5, 0.6) is 5.75 Å². The van der Waals surface area contributed by atoms with Gasteiger partial charge in [-0.2, -0.15) is 0 Å². The normalized spacial score (nSPS) is 14.5. The fourth-order valence-electron chi connectivity index (χ4n) is 3.10. The lowest BCUT2D eigenvalue weighted by Crippen LogP contribution is -2.27. The Kier molecular flexibility index (Phi) is 7.08. The molecule has 170 valence electrons. The topological polar surface area (TPSA) is 107 Å². The van der Waals surface area contributed by atoms with E-state index in [0.29, 0.717) is 10.5 Å². The molecular weight excluding hydrogens is 571 g/mol. The second-order valence-electron chi connectivity index (χ2n) is 7.16. The zero-order valence-electron chi connectivity index (χ0n) is 17.3. The highest BCUT2D eigenvalue weighted by molar-refractivity contribution is 14.1. The Hall–Kier alpha value is -3.51. The highest BCUT2D eigenvalue weighted by Crippen LogP contribution is 2.33. The molecule has 0 aromatic heterocycles. The molecule has 0 spiro atoms. The Morgan fingerprint density at radius 3 is 2.44 bits per heavy atom. The summed E-state index contributed by atoms with van der Waals surface area (Å²) in [5, 5.41) is 10.5. The molecule has 1 heterocycles. The summed E-state index contributed by atoms with van der Waals surface area (Å²) < 4.78 is 6.34. The molecule has 8 nitrogen and oxygen atoms in total. The third kappa shape index (κ3) is 5.51. The fourth-order valence-corrected chi connectivity index (χ4v) is 4.30. The van der Waals surface area contributed by atoms with E-state index in [9.17, 15) is 24.5 Å². The Labute approximate surface area is 211 Å². The van der Waals surface area contributed by atoms with Gasteiger partial charge in [0.05, 0.1) is 21.9 Å². The average molecular weight is 586 g/mol. The number of halogens is 1. The van der Waals surface area contributed by atoms with Crippen molar-refractivity contribution in [3.63, 3.8) is 0 Å². The van der Waals surface area contributed by atoms with Gasteiger partial charge >= 0.3 is 5.97 Å². The van der Waals surface area contributed by atoms with Gasteiger partial charge in [0.15, 0.2) is 0 Å². The number of imide groups is 1. The summed E-state index contributed by atoms with van der Waals surface area (Å²) in [6.45, 7) is 0.200. The van der Waals surface area contributed by atoms with Gasteiger partial charge in [0.25, 0.3) is 16.8 Å². The summed E-state index contributed by atoms with van der Waals surface area (Å²) in [5.74, 6) is -0.858. The van der Waals surface area contributed by atoms with E-state index >= 15 is 0 Å². The fraction of sp³-hybridized carbons (Fsp3) is 0.0417. The lowest BCUT2D eigenvalue weighted by Gasteiger charge is -2.12. The first-order valence-corrected chi connectivity index (χ1v) is 11.8. The van der Waals surface area contributed by atoms with Crippen LogP contribution in [0, 0.1) is 13.7 Å². The summed E-state index contributed by atoms with van der Waals surface area (Å²) >= 11 is 3.06. The van der Waals surface area contributed by atoms with Gasteiger partial charge in [-0.25, -0.2) is 4.79 Å². The summed E-state index contributed by atoms with van der Waals surface area (Å²) in [5.41, 5.74) is 1.36. The van der Waals surface area contributed by atoms with Crippen molar-refractivity contribution < 1.29 is 24.0 Å². The van der Waals surface area contributed by atoms with Gasteiger partial charge in [-0.1, -0.05) is 30.3 Å². The van der Waals surface area contributed by atoms with Crippen LogP contribution in [0.15, 0.2) is 77.7 Å². The Bertz CT molecular complexity index is 1320. The van der Waals surface area contributed by atoms with Gasteiger partial charge in [-0.3, -0.25) is 24.6 Å². The first kappa shape index (κ1) is 23.6. The molecule has 0 saturated carbocycles. The summed E-state index contributed by atoms with van der Waals surface area (Å²) in [6, 6.07) is 19.2. The second kappa shape index (κ2) is 10.2. The number of hydrogen-bond donors (Lipinski definition) is 0. The number of carbonyl (C=O) groups is 3. The number of rotatable bonds is 6. The van der Waals surface area contributed by atoms with Crippen molar-refractivity contribution in [1.29, 1.82) is 0 Å².